The first kappa shape index (κ1) is 23.8. The maximum atomic E-state index is 12.7. The molecule has 176 valence electrons. The third-order valence-corrected chi connectivity index (χ3v) is 5.37. The molecule has 0 aliphatic carbocycles. The molecule has 4 aromatic rings. The fourth-order valence-corrected chi connectivity index (χ4v) is 3.56. The van der Waals surface area contributed by atoms with Crippen molar-refractivity contribution in [2.24, 2.45) is 0 Å². The third-order valence-electron chi connectivity index (χ3n) is 5.12. The summed E-state index contributed by atoms with van der Waals surface area (Å²) >= 11 is 6.01. The second-order valence-corrected chi connectivity index (χ2v) is 7.95. The number of ether oxygens (including phenoxy) is 1. The van der Waals surface area contributed by atoms with Crippen LogP contribution in [-0.2, 0) is 9.53 Å². The minimum absolute atomic E-state index is 0.0988. The number of carbonyl (C=O) groups excluding carboxylic acids is 3. The number of carbonyl (C=O) groups is 3. The summed E-state index contributed by atoms with van der Waals surface area (Å²) in [4.78, 5) is 37.7. The van der Waals surface area contributed by atoms with Crippen molar-refractivity contribution in [1.29, 1.82) is 0 Å². The fourth-order valence-electron chi connectivity index (χ4n) is 3.43. The highest BCUT2D eigenvalue weighted by Crippen LogP contribution is 2.24. The molecule has 1 atom stereocenters. The molecule has 0 saturated heterocycles. The summed E-state index contributed by atoms with van der Waals surface area (Å²) < 4.78 is 10.3. The lowest BCUT2D eigenvalue weighted by molar-refractivity contribution is -0.124. The van der Waals surface area contributed by atoms with E-state index in [1.54, 1.807) is 36.4 Å². The topological polar surface area (TPSA) is 97.6 Å². The largest absolute Gasteiger partial charge is 0.459 e. The Kier molecular flexibility index (Phi) is 7.60. The number of benzene rings is 3. The van der Waals surface area contributed by atoms with E-state index < -0.39 is 30.4 Å². The number of rotatable bonds is 8. The van der Waals surface area contributed by atoms with Gasteiger partial charge < -0.3 is 19.8 Å². The maximum Gasteiger partial charge on any atom is 0.340 e. The van der Waals surface area contributed by atoms with Crippen molar-refractivity contribution in [3.8, 4) is 0 Å². The van der Waals surface area contributed by atoms with Gasteiger partial charge in [0.2, 0.25) is 0 Å². The highest BCUT2D eigenvalue weighted by atomic mass is 35.5. The number of nitrogens with one attached hydrogen (secondary N) is 2. The Balaban J connectivity index is 1.43. The van der Waals surface area contributed by atoms with Gasteiger partial charge in [0.15, 0.2) is 12.4 Å². The van der Waals surface area contributed by atoms with Crippen LogP contribution in [0.15, 0.2) is 102 Å². The zero-order valence-corrected chi connectivity index (χ0v) is 19.2. The van der Waals surface area contributed by atoms with Crippen LogP contribution in [0.25, 0.3) is 0 Å². The predicted molar refractivity (Wildman–Crippen MR) is 131 cm³/mol. The van der Waals surface area contributed by atoms with Crippen LogP contribution in [0.1, 0.15) is 38.1 Å². The highest BCUT2D eigenvalue weighted by molar-refractivity contribution is 6.30. The summed E-state index contributed by atoms with van der Waals surface area (Å²) in [7, 11) is 0. The number of halogens is 1. The van der Waals surface area contributed by atoms with Crippen molar-refractivity contribution >= 4 is 35.1 Å². The molecule has 2 amide bonds. The van der Waals surface area contributed by atoms with Crippen LogP contribution in [-0.4, -0.2) is 24.4 Å². The summed E-state index contributed by atoms with van der Waals surface area (Å²) in [6, 6.07) is 25.5. The van der Waals surface area contributed by atoms with Crippen LogP contribution in [0.2, 0.25) is 5.02 Å². The van der Waals surface area contributed by atoms with Gasteiger partial charge in [-0.3, -0.25) is 9.59 Å². The van der Waals surface area contributed by atoms with E-state index >= 15 is 0 Å². The van der Waals surface area contributed by atoms with E-state index in [2.05, 4.69) is 10.6 Å². The third kappa shape index (κ3) is 6.16. The first-order valence-electron chi connectivity index (χ1n) is 10.7. The lowest BCUT2D eigenvalue weighted by Crippen LogP contribution is -2.33. The monoisotopic (exact) mass is 488 g/mol. The Hall–Kier alpha value is -4.36. The zero-order valence-electron chi connectivity index (χ0n) is 18.4. The van der Waals surface area contributed by atoms with E-state index in [9.17, 15) is 14.4 Å². The zero-order chi connectivity index (χ0) is 24.6. The minimum Gasteiger partial charge on any atom is -0.459 e. The molecule has 1 aromatic heterocycles. The molecule has 7 nitrogen and oxygen atoms in total. The molecule has 0 spiro atoms. The van der Waals surface area contributed by atoms with Crippen molar-refractivity contribution in [2.75, 3.05) is 11.9 Å². The summed E-state index contributed by atoms with van der Waals surface area (Å²) in [5, 5.41) is 6.10. The molecule has 0 fully saturated rings. The summed E-state index contributed by atoms with van der Waals surface area (Å²) in [5.41, 5.74) is 2.03. The molecular weight excluding hydrogens is 468 g/mol. The molecular formula is C27H21ClN2O5. The summed E-state index contributed by atoms with van der Waals surface area (Å²) in [6.07, 6.45) is 1.38. The predicted octanol–water partition coefficient (Wildman–Crippen LogP) is 5.25. The molecule has 3 aromatic carbocycles. The Labute approximate surface area is 206 Å². The molecule has 0 aliphatic rings. The van der Waals surface area contributed by atoms with E-state index in [1.807, 2.05) is 42.5 Å². The van der Waals surface area contributed by atoms with E-state index in [4.69, 9.17) is 20.8 Å². The lowest BCUT2D eigenvalue weighted by atomic mass is 9.99. The van der Waals surface area contributed by atoms with Gasteiger partial charge in [0.25, 0.3) is 11.8 Å². The van der Waals surface area contributed by atoms with Gasteiger partial charge in [-0.25, -0.2) is 4.79 Å². The number of esters is 1. The second-order valence-electron chi connectivity index (χ2n) is 7.52. The number of hydrogen-bond acceptors (Lipinski definition) is 5. The highest BCUT2D eigenvalue weighted by Gasteiger charge is 2.20. The standard InChI is InChI=1S/C27H21ClN2O5/c28-20-14-12-19(13-15-20)25(18-7-2-1-3-8-18)30-24(31)17-35-27(33)21-9-4-5-10-22(21)29-26(32)23-11-6-16-34-23/h1-16,25H,17H2,(H,29,32)(H,30,31). The van der Waals surface area contributed by atoms with Crippen LogP contribution < -0.4 is 10.6 Å². The minimum atomic E-state index is -0.752. The van der Waals surface area contributed by atoms with E-state index in [0.717, 1.165) is 11.1 Å². The quantitative estimate of drug-likeness (QED) is 0.330. The Morgan fingerprint density at radius 1 is 0.829 bits per heavy atom. The number of hydrogen-bond donors (Lipinski definition) is 2. The molecule has 0 saturated carbocycles. The molecule has 4 rings (SSSR count). The lowest BCUT2D eigenvalue weighted by Gasteiger charge is -2.20. The van der Waals surface area contributed by atoms with Gasteiger partial charge in [-0.1, -0.05) is 66.2 Å². The molecule has 0 radical (unpaired) electrons. The van der Waals surface area contributed by atoms with Gasteiger partial charge in [0.1, 0.15) is 0 Å². The fraction of sp³-hybridized carbons (Fsp3) is 0.0741. The van der Waals surface area contributed by atoms with Crippen molar-refractivity contribution in [2.45, 2.75) is 6.04 Å². The van der Waals surface area contributed by atoms with Crippen LogP contribution in [0.3, 0.4) is 0 Å². The van der Waals surface area contributed by atoms with Gasteiger partial charge in [-0.05, 0) is 47.5 Å². The molecule has 1 heterocycles. The van der Waals surface area contributed by atoms with Crippen molar-refractivity contribution in [1.82, 2.24) is 5.32 Å². The first-order valence-corrected chi connectivity index (χ1v) is 11.1. The van der Waals surface area contributed by atoms with Gasteiger partial charge >= 0.3 is 5.97 Å². The SMILES string of the molecule is O=C(COC(=O)c1ccccc1NC(=O)c1ccco1)NC(c1ccccc1)c1ccc(Cl)cc1. The molecule has 35 heavy (non-hydrogen) atoms. The van der Waals surface area contributed by atoms with Gasteiger partial charge in [-0.2, -0.15) is 0 Å². The second kappa shape index (κ2) is 11.2. The Morgan fingerprint density at radius 2 is 1.51 bits per heavy atom. The van der Waals surface area contributed by atoms with Gasteiger partial charge in [-0.15, -0.1) is 0 Å². The van der Waals surface area contributed by atoms with Gasteiger partial charge in [0, 0.05) is 5.02 Å². The summed E-state index contributed by atoms with van der Waals surface area (Å²) in [6.45, 7) is -0.504. The Bertz CT molecular complexity index is 1310. The van der Waals surface area contributed by atoms with E-state index in [0.29, 0.717) is 5.02 Å². The number of anilines is 1. The smallest absolute Gasteiger partial charge is 0.340 e. The van der Waals surface area contributed by atoms with Crippen LogP contribution in [0, 0.1) is 0 Å². The molecule has 1 unspecified atom stereocenters. The van der Waals surface area contributed by atoms with Crippen molar-refractivity contribution in [3.05, 3.63) is 125 Å². The van der Waals surface area contributed by atoms with Crippen LogP contribution in [0.5, 0.6) is 0 Å². The average molecular weight is 489 g/mol. The maximum absolute atomic E-state index is 12.7. The normalized spacial score (nSPS) is 11.3. The Morgan fingerprint density at radius 3 is 2.23 bits per heavy atom. The van der Waals surface area contributed by atoms with Crippen LogP contribution in [0.4, 0.5) is 5.69 Å². The van der Waals surface area contributed by atoms with Gasteiger partial charge in [0.05, 0.1) is 23.6 Å². The molecule has 2 N–H and O–H groups in total. The molecule has 8 heteroatoms. The van der Waals surface area contributed by atoms with E-state index in [1.165, 1.54) is 18.4 Å². The summed E-state index contributed by atoms with van der Waals surface area (Å²) in [5.74, 6) is -1.65. The van der Waals surface area contributed by atoms with Crippen molar-refractivity contribution < 1.29 is 23.5 Å². The number of furan rings is 1. The van der Waals surface area contributed by atoms with Crippen molar-refractivity contribution in [3.63, 3.8) is 0 Å². The number of amides is 2. The average Bonchev–Trinajstić information content (AvgIpc) is 3.43. The number of para-hydroxylation sites is 1. The first-order chi connectivity index (χ1) is 17.0. The molecule has 0 bridgehead atoms. The molecule has 0 aliphatic heterocycles. The van der Waals surface area contributed by atoms with E-state index in [-0.39, 0.29) is 17.0 Å². The van der Waals surface area contributed by atoms with Crippen LogP contribution >= 0.6 is 11.6 Å².